The standard InChI is InChI=1S/C39H50O26/c40-7-16-21(46)26(51)30(55)36(59-16)57-13-5-14(45)20-15(6-13)58-32(11-1-3-12(44)4-2-11)33(25(20)50)63-38-35(29(54)24(49)18(9-42)61-38)65-39-34(28(53)23(48)19(10-43)62-39)64-37-31(56)27(52)22(47)17(8-41)60-37/h1-6,16-19,21-24,26-31,34-49,51-56H,7-10H2. The third-order valence-electron chi connectivity index (χ3n) is 11.5. The van der Waals surface area contributed by atoms with Crippen LogP contribution in [0.1, 0.15) is 0 Å². The molecule has 20 atom stereocenters. The molecule has 362 valence electrons. The van der Waals surface area contributed by atoms with E-state index in [0.29, 0.717) is 0 Å². The molecule has 4 saturated heterocycles. The Balaban J connectivity index is 1.27. The van der Waals surface area contributed by atoms with Crippen LogP contribution in [0.5, 0.6) is 23.0 Å². The zero-order valence-corrected chi connectivity index (χ0v) is 33.6. The summed E-state index contributed by atoms with van der Waals surface area (Å²) in [7, 11) is 0. The molecule has 4 aliphatic heterocycles. The number of phenolic OH excluding ortho intramolecular Hbond substituents is 2. The number of phenols is 2. The lowest BCUT2D eigenvalue weighted by molar-refractivity contribution is -0.389. The highest BCUT2D eigenvalue weighted by atomic mass is 16.8. The fourth-order valence-corrected chi connectivity index (χ4v) is 7.75. The molecule has 26 heteroatoms. The molecule has 3 aromatic rings. The van der Waals surface area contributed by atoms with Gasteiger partial charge in [0.25, 0.3) is 0 Å². The van der Waals surface area contributed by atoms with Crippen LogP contribution in [0, 0.1) is 0 Å². The minimum atomic E-state index is -2.15. The van der Waals surface area contributed by atoms with Gasteiger partial charge < -0.3 is 124 Å². The summed E-state index contributed by atoms with van der Waals surface area (Å²) >= 11 is 0. The summed E-state index contributed by atoms with van der Waals surface area (Å²) in [5.41, 5.74) is -1.57. The monoisotopic (exact) mass is 934 g/mol. The van der Waals surface area contributed by atoms with E-state index in [1.165, 1.54) is 24.3 Å². The minimum absolute atomic E-state index is 0.00983. The SMILES string of the molecule is O=c1c(OC2OC(CO)C(O)C(O)C2OC2OC(CO)C(O)C(O)C2OC2OC(CO)C(O)C(O)C2O)c(-c2ccc(O)cc2)oc2cc(OC3OC(CO)C(O)C(O)C3O)cc(O)c12. The van der Waals surface area contributed by atoms with Gasteiger partial charge in [0.2, 0.25) is 23.8 Å². The van der Waals surface area contributed by atoms with Gasteiger partial charge in [0.1, 0.15) is 120 Å². The molecular formula is C39H50O26. The molecule has 0 amide bonds. The van der Waals surface area contributed by atoms with Gasteiger partial charge >= 0.3 is 0 Å². The number of benzene rings is 2. The second-order valence-electron chi connectivity index (χ2n) is 15.7. The van der Waals surface area contributed by atoms with Gasteiger partial charge in [-0.25, -0.2) is 0 Å². The van der Waals surface area contributed by atoms with Crippen LogP contribution in [0.3, 0.4) is 0 Å². The Kier molecular flexibility index (Phi) is 15.1. The van der Waals surface area contributed by atoms with E-state index in [0.717, 1.165) is 12.1 Å². The van der Waals surface area contributed by atoms with Gasteiger partial charge in [-0.15, -0.1) is 0 Å². The quantitative estimate of drug-likeness (QED) is 0.0757. The van der Waals surface area contributed by atoms with E-state index in [-0.39, 0.29) is 17.1 Å². The zero-order chi connectivity index (χ0) is 47.2. The second-order valence-corrected chi connectivity index (χ2v) is 15.7. The summed E-state index contributed by atoms with van der Waals surface area (Å²) in [6.45, 7) is -3.61. The molecular weight excluding hydrogens is 884 g/mol. The first kappa shape index (κ1) is 49.0. The van der Waals surface area contributed by atoms with E-state index in [1.54, 1.807) is 0 Å². The minimum Gasteiger partial charge on any atom is -0.508 e. The van der Waals surface area contributed by atoms with Gasteiger partial charge in [-0.05, 0) is 24.3 Å². The second kappa shape index (κ2) is 20.1. The molecule has 0 saturated carbocycles. The van der Waals surface area contributed by atoms with Gasteiger partial charge in [0.05, 0.1) is 26.4 Å². The van der Waals surface area contributed by atoms with E-state index in [9.17, 15) is 86.5 Å². The van der Waals surface area contributed by atoms with E-state index >= 15 is 0 Å². The first-order valence-corrected chi connectivity index (χ1v) is 20.1. The summed E-state index contributed by atoms with van der Waals surface area (Å²) in [6, 6.07) is 6.86. The summed E-state index contributed by atoms with van der Waals surface area (Å²) in [5.74, 6) is -2.68. The molecule has 5 heterocycles. The van der Waals surface area contributed by atoms with Crippen molar-refractivity contribution >= 4 is 11.0 Å². The Morgan fingerprint density at radius 2 is 0.938 bits per heavy atom. The van der Waals surface area contributed by atoms with Crippen molar-refractivity contribution in [2.45, 2.75) is 123 Å². The summed E-state index contributed by atoms with van der Waals surface area (Å²) < 4.78 is 51.6. The molecule has 20 unspecified atom stereocenters. The van der Waals surface area contributed by atoms with E-state index in [4.69, 9.17) is 42.3 Å². The molecule has 65 heavy (non-hydrogen) atoms. The van der Waals surface area contributed by atoms with Gasteiger partial charge in [-0.1, -0.05) is 0 Å². The highest BCUT2D eigenvalue weighted by Crippen LogP contribution is 2.40. The van der Waals surface area contributed by atoms with Crippen LogP contribution in [-0.2, 0) is 28.4 Å². The maximum Gasteiger partial charge on any atom is 0.239 e. The van der Waals surface area contributed by atoms with Crippen molar-refractivity contribution in [2.75, 3.05) is 26.4 Å². The van der Waals surface area contributed by atoms with Gasteiger partial charge in [-0.2, -0.15) is 0 Å². The third-order valence-corrected chi connectivity index (χ3v) is 11.5. The smallest absolute Gasteiger partial charge is 0.239 e. The molecule has 26 nitrogen and oxygen atoms in total. The van der Waals surface area contributed by atoms with Crippen LogP contribution < -0.4 is 14.9 Å². The summed E-state index contributed by atoms with van der Waals surface area (Å²) in [5, 5.41) is 167. The van der Waals surface area contributed by atoms with Gasteiger partial charge in [0.15, 0.2) is 24.4 Å². The lowest BCUT2D eigenvalue weighted by atomic mass is 9.96. The number of fused-ring (bicyclic) bond motifs is 1. The van der Waals surface area contributed by atoms with Crippen LogP contribution >= 0.6 is 0 Å². The molecule has 0 bridgehead atoms. The maximum absolute atomic E-state index is 14.5. The van der Waals surface area contributed by atoms with Crippen LogP contribution in [0.25, 0.3) is 22.3 Å². The van der Waals surface area contributed by atoms with Crippen molar-refractivity contribution in [1.82, 2.24) is 0 Å². The van der Waals surface area contributed by atoms with E-state index < -0.39 is 183 Å². The van der Waals surface area contributed by atoms with Gasteiger partial charge in [0, 0.05) is 17.7 Å². The molecule has 1 aromatic heterocycles. The number of hydrogen-bond donors (Lipinski definition) is 16. The Hall–Kier alpha value is -3.95. The molecule has 0 radical (unpaired) electrons. The Morgan fingerprint density at radius 1 is 0.492 bits per heavy atom. The fraction of sp³-hybridized carbons (Fsp3) is 0.615. The number of hydrogen-bond acceptors (Lipinski definition) is 26. The first-order valence-electron chi connectivity index (χ1n) is 20.1. The highest BCUT2D eigenvalue weighted by Gasteiger charge is 2.55. The Labute approximate surface area is 364 Å². The Bertz CT molecular complexity index is 2120. The molecule has 0 spiro atoms. The predicted molar refractivity (Wildman–Crippen MR) is 205 cm³/mol. The average Bonchev–Trinajstić information content (AvgIpc) is 3.29. The van der Waals surface area contributed by atoms with Crippen molar-refractivity contribution in [2.24, 2.45) is 0 Å². The molecule has 2 aromatic carbocycles. The first-order chi connectivity index (χ1) is 30.9. The normalized spacial score (nSPS) is 40.2. The van der Waals surface area contributed by atoms with Crippen molar-refractivity contribution in [3.8, 4) is 34.3 Å². The predicted octanol–water partition coefficient (Wildman–Crippen LogP) is -7.12. The molecule has 7 rings (SSSR count). The van der Waals surface area contributed by atoms with Crippen molar-refractivity contribution < 1.29 is 124 Å². The van der Waals surface area contributed by atoms with Gasteiger partial charge in [-0.3, -0.25) is 4.79 Å². The molecule has 16 N–H and O–H groups in total. The van der Waals surface area contributed by atoms with E-state index in [2.05, 4.69) is 0 Å². The average molecular weight is 935 g/mol. The molecule has 0 aliphatic carbocycles. The number of rotatable bonds is 13. The van der Waals surface area contributed by atoms with Crippen LogP contribution in [0.4, 0.5) is 0 Å². The molecule has 4 aliphatic rings. The number of aliphatic hydroxyl groups is 14. The van der Waals surface area contributed by atoms with E-state index in [1.807, 2.05) is 0 Å². The topological polar surface area (TPSA) is 428 Å². The van der Waals surface area contributed by atoms with Crippen molar-refractivity contribution in [3.05, 3.63) is 46.6 Å². The largest absolute Gasteiger partial charge is 0.508 e. The highest BCUT2D eigenvalue weighted by molar-refractivity contribution is 5.88. The van der Waals surface area contributed by atoms with Crippen molar-refractivity contribution in [3.63, 3.8) is 0 Å². The third kappa shape index (κ3) is 9.49. The lowest BCUT2D eigenvalue weighted by Gasteiger charge is -2.48. The number of ether oxygens (including phenoxy) is 8. The number of aromatic hydroxyl groups is 2. The zero-order valence-electron chi connectivity index (χ0n) is 33.6. The number of aliphatic hydroxyl groups excluding tert-OH is 14. The Morgan fingerprint density at radius 3 is 1.48 bits per heavy atom. The van der Waals surface area contributed by atoms with Crippen molar-refractivity contribution in [1.29, 1.82) is 0 Å². The van der Waals surface area contributed by atoms with Crippen LogP contribution in [-0.4, -0.2) is 231 Å². The van der Waals surface area contributed by atoms with Crippen LogP contribution in [0.15, 0.2) is 45.6 Å². The maximum atomic E-state index is 14.5. The molecule has 4 fully saturated rings. The lowest BCUT2D eigenvalue weighted by Crippen LogP contribution is -2.67. The summed E-state index contributed by atoms with van der Waals surface area (Å²) in [6.07, 6.45) is -37.7. The fourth-order valence-electron chi connectivity index (χ4n) is 7.75. The summed E-state index contributed by atoms with van der Waals surface area (Å²) in [4.78, 5) is 14.5. The van der Waals surface area contributed by atoms with Crippen LogP contribution in [0.2, 0.25) is 0 Å².